The summed E-state index contributed by atoms with van der Waals surface area (Å²) in [6.45, 7) is 3.94. The summed E-state index contributed by atoms with van der Waals surface area (Å²) in [6, 6.07) is 10.2. The molecule has 1 aliphatic rings. The van der Waals surface area contributed by atoms with Crippen molar-refractivity contribution in [1.82, 2.24) is 5.32 Å². The summed E-state index contributed by atoms with van der Waals surface area (Å²) < 4.78 is 18.9. The molecular weight excluding hydrogens is 415 g/mol. The number of hydrogen-bond acceptors (Lipinski definition) is 4. The fraction of sp³-hybridized carbons (Fsp3) is 0.190. The van der Waals surface area contributed by atoms with Gasteiger partial charge in [0.25, 0.3) is 11.8 Å². The third kappa shape index (κ3) is 4.63. The van der Waals surface area contributed by atoms with Crippen LogP contribution in [0.2, 0.25) is 5.02 Å². The Labute approximate surface area is 178 Å². The lowest BCUT2D eigenvalue weighted by Crippen LogP contribution is -2.54. The number of rotatable bonds is 5. The van der Waals surface area contributed by atoms with Gasteiger partial charge in [0.1, 0.15) is 17.1 Å². The molecule has 0 aliphatic carbocycles. The maximum absolute atomic E-state index is 13.2. The number of anilines is 1. The quantitative estimate of drug-likeness (QED) is 0.429. The first kappa shape index (κ1) is 21.0. The van der Waals surface area contributed by atoms with E-state index >= 15 is 0 Å². The lowest BCUT2D eigenvalue weighted by atomic mass is 10.1. The molecule has 1 aliphatic heterocycles. The van der Waals surface area contributed by atoms with E-state index in [0.717, 1.165) is 11.3 Å². The van der Waals surface area contributed by atoms with Crippen molar-refractivity contribution in [1.29, 1.82) is 0 Å². The van der Waals surface area contributed by atoms with Crippen LogP contribution in [0.5, 0.6) is 5.75 Å². The van der Waals surface area contributed by atoms with Crippen LogP contribution in [0.3, 0.4) is 0 Å². The van der Waals surface area contributed by atoms with Crippen molar-refractivity contribution >= 4 is 52.5 Å². The molecule has 150 valence electrons. The molecule has 0 aromatic heterocycles. The number of benzene rings is 2. The maximum Gasteiger partial charge on any atom is 0.270 e. The number of amides is 2. The standard InChI is InChI=1S/C21H18ClFN2O3S/c1-3-12(2)28-18-9-4-13(11-17(18)22)10-16-19(26)24-21(29)25(20(16)27)15-7-5-14(23)6-8-15/h4-12H,3H2,1-2H3,(H,24,26,29)/b16-10-/t12-/m1/s1. The topological polar surface area (TPSA) is 58.6 Å². The van der Waals surface area contributed by atoms with Crippen LogP contribution in [0.4, 0.5) is 10.1 Å². The molecule has 0 unspecified atom stereocenters. The van der Waals surface area contributed by atoms with Crippen LogP contribution < -0.4 is 15.0 Å². The molecular formula is C21H18ClFN2O3S. The Hall–Kier alpha value is -2.77. The number of carbonyl (C=O) groups is 2. The molecule has 8 heteroatoms. The fourth-order valence-electron chi connectivity index (χ4n) is 2.65. The Kier molecular flexibility index (Phi) is 6.30. The number of hydrogen-bond donors (Lipinski definition) is 1. The third-order valence-electron chi connectivity index (χ3n) is 4.36. The van der Waals surface area contributed by atoms with Gasteiger partial charge in [-0.05, 0) is 73.6 Å². The van der Waals surface area contributed by atoms with E-state index in [-0.39, 0.29) is 16.8 Å². The van der Waals surface area contributed by atoms with Gasteiger partial charge in [0.2, 0.25) is 0 Å². The highest BCUT2D eigenvalue weighted by atomic mass is 35.5. The van der Waals surface area contributed by atoms with Gasteiger partial charge in [-0.3, -0.25) is 19.8 Å². The van der Waals surface area contributed by atoms with Crippen molar-refractivity contribution in [2.75, 3.05) is 4.90 Å². The molecule has 0 radical (unpaired) electrons. The van der Waals surface area contributed by atoms with Gasteiger partial charge < -0.3 is 4.74 Å². The molecule has 0 bridgehead atoms. The van der Waals surface area contributed by atoms with E-state index in [1.54, 1.807) is 18.2 Å². The van der Waals surface area contributed by atoms with Crippen molar-refractivity contribution in [2.24, 2.45) is 0 Å². The van der Waals surface area contributed by atoms with Crippen LogP contribution in [-0.4, -0.2) is 23.0 Å². The van der Waals surface area contributed by atoms with Gasteiger partial charge in [-0.1, -0.05) is 24.6 Å². The zero-order chi connectivity index (χ0) is 21.1. The van der Waals surface area contributed by atoms with Crippen LogP contribution in [0, 0.1) is 5.82 Å². The molecule has 1 heterocycles. The predicted molar refractivity (Wildman–Crippen MR) is 114 cm³/mol. The minimum atomic E-state index is -0.616. The summed E-state index contributed by atoms with van der Waals surface area (Å²) in [7, 11) is 0. The Bertz CT molecular complexity index is 1010. The summed E-state index contributed by atoms with van der Waals surface area (Å²) in [5.41, 5.74) is 0.786. The van der Waals surface area contributed by atoms with Crippen molar-refractivity contribution in [3.05, 3.63) is 64.4 Å². The summed E-state index contributed by atoms with van der Waals surface area (Å²) in [5, 5.41) is 2.78. The van der Waals surface area contributed by atoms with Gasteiger partial charge in [0, 0.05) is 0 Å². The molecule has 2 aromatic carbocycles. The Morgan fingerprint density at radius 3 is 2.55 bits per heavy atom. The van der Waals surface area contributed by atoms with E-state index in [1.165, 1.54) is 30.3 Å². The smallest absolute Gasteiger partial charge is 0.270 e. The zero-order valence-corrected chi connectivity index (χ0v) is 17.3. The fourth-order valence-corrected chi connectivity index (χ4v) is 3.17. The molecule has 2 amide bonds. The summed E-state index contributed by atoms with van der Waals surface area (Å²) in [6.07, 6.45) is 2.26. The van der Waals surface area contributed by atoms with Gasteiger partial charge in [-0.25, -0.2) is 4.39 Å². The molecule has 1 N–H and O–H groups in total. The van der Waals surface area contributed by atoms with Gasteiger partial charge in [-0.15, -0.1) is 0 Å². The largest absolute Gasteiger partial charge is 0.489 e. The number of halogens is 2. The number of nitrogens with zero attached hydrogens (tertiary/aromatic N) is 1. The van der Waals surface area contributed by atoms with Gasteiger partial charge >= 0.3 is 0 Å². The second kappa shape index (κ2) is 8.71. The molecule has 0 saturated carbocycles. The Balaban J connectivity index is 1.92. The van der Waals surface area contributed by atoms with E-state index in [1.807, 2.05) is 13.8 Å². The second-order valence-electron chi connectivity index (χ2n) is 6.46. The first-order valence-corrected chi connectivity index (χ1v) is 9.72. The van der Waals surface area contributed by atoms with Crippen LogP contribution in [0.1, 0.15) is 25.8 Å². The van der Waals surface area contributed by atoms with Crippen LogP contribution >= 0.6 is 23.8 Å². The lowest BCUT2D eigenvalue weighted by molar-refractivity contribution is -0.122. The summed E-state index contributed by atoms with van der Waals surface area (Å²) in [5.74, 6) is -1.15. The van der Waals surface area contributed by atoms with Crippen molar-refractivity contribution < 1.29 is 18.7 Å². The number of thiocarbonyl (C=S) groups is 1. The molecule has 1 atom stereocenters. The third-order valence-corrected chi connectivity index (χ3v) is 4.94. The van der Waals surface area contributed by atoms with Gasteiger partial charge in [0.05, 0.1) is 16.8 Å². The SMILES string of the molecule is CC[C@@H](C)Oc1ccc(/C=C2/C(=O)NC(=S)N(c3ccc(F)cc3)C2=O)cc1Cl. The minimum absolute atomic E-state index is 0.00712. The average Bonchev–Trinajstić information content (AvgIpc) is 2.68. The van der Waals surface area contributed by atoms with E-state index in [9.17, 15) is 14.0 Å². The Morgan fingerprint density at radius 1 is 1.24 bits per heavy atom. The molecule has 1 fully saturated rings. The summed E-state index contributed by atoms with van der Waals surface area (Å²) in [4.78, 5) is 26.4. The average molecular weight is 433 g/mol. The molecule has 2 aromatic rings. The zero-order valence-electron chi connectivity index (χ0n) is 15.7. The van der Waals surface area contributed by atoms with Crippen LogP contribution in [0.15, 0.2) is 48.0 Å². The second-order valence-corrected chi connectivity index (χ2v) is 7.25. The monoisotopic (exact) mass is 432 g/mol. The lowest BCUT2D eigenvalue weighted by Gasteiger charge is -2.28. The van der Waals surface area contributed by atoms with Gasteiger partial charge in [-0.2, -0.15) is 0 Å². The van der Waals surface area contributed by atoms with Crippen molar-refractivity contribution in [3.8, 4) is 5.75 Å². The highest BCUT2D eigenvalue weighted by Gasteiger charge is 2.34. The van der Waals surface area contributed by atoms with Crippen molar-refractivity contribution in [3.63, 3.8) is 0 Å². The normalized spacial score (nSPS) is 16.8. The molecule has 0 spiro atoms. The minimum Gasteiger partial charge on any atom is -0.489 e. The first-order chi connectivity index (χ1) is 13.8. The molecule has 29 heavy (non-hydrogen) atoms. The molecule has 5 nitrogen and oxygen atoms in total. The van der Waals surface area contributed by atoms with Crippen molar-refractivity contribution in [2.45, 2.75) is 26.4 Å². The van der Waals surface area contributed by atoms with E-state index in [4.69, 9.17) is 28.6 Å². The van der Waals surface area contributed by atoms with E-state index in [2.05, 4.69) is 5.32 Å². The molecule has 3 rings (SSSR count). The van der Waals surface area contributed by atoms with E-state index in [0.29, 0.717) is 22.0 Å². The highest BCUT2D eigenvalue weighted by molar-refractivity contribution is 7.80. The summed E-state index contributed by atoms with van der Waals surface area (Å²) >= 11 is 11.4. The number of ether oxygens (including phenoxy) is 1. The van der Waals surface area contributed by atoms with Gasteiger partial charge in [0.15, 0.2) is 5.11 Å². The molecule has 1 saturated heterocycles. The highest BCUT2D eigenvalue weighted by Crippen LogP contribution is 2.29. The first-order valence-electron chi connectivity index (χ1n) is 8.93. The number of carbonyl (C=O) groups excluding carboxylic acids is 2. The predicted octanol–water partition coefficient (Wildman–Crippen LogP) is 4.49. The number of nitrogens with one attached hydrogen (secondary N) is 1. The van der Waals surface area contributed by atoms with E-state index < -0.39 is 17.6 Å². The Morgan fingerprint density at radius 2 is 1.93 bits per heavy atom. The maximum atomic E-state index is 13.2. The van der Waals surface area contributed by atoms with Crippen LogP contribution in [0.25, 0.3) is 6.08 Å². The van der Waals surface area contributed by atoms with Crippen LogP contribution in [-0.2, 0) is 9.59 Å².